The van der Waals surface area contributed by atoms with Crippen LogP contribution in [0.1, 0.15) is 5.56 Å². The van der Waals surface area contributed by atoms with Crippen LogP contribution in [0.15, 0.2) is 46.1 Å². The van der Waals surface area contributed by atoms with Crippen LogP contribution < -0.4 is 9.46 Å². The van der Waals surface area contributed by atoms with Gasteiger partial charge in [-0.1, -0.05) is 11.2 Å². The molecule has 102 valence electrons. The number of sulfonamides is 1. The van der Waals surface area contributed by atoms with Gasteiger partial charge >= 0.3 is 0 Å². The fraction of sp³-hybridized carbons (Fsp3) is 0.250. The zero-order valence-electron chi connectivity index (χ0n) is 10.4. The molecule has 0 aliphatic carbocycles. The minimum absolute atomic E-state index is 0.178. The third kappa shape index (κ3) is 3.55. The number of benzene rings is 1. The number of methoxy groups -OCH3 is 1. The van der Waals surface area contributed by atoms with Crippen molar-refractivity contribution in [3.63, 3.8) is 0 Å². The first-order chi connectivity index (χ1) is 9.12. The van der Waals surface area contributed by atoms with Crippen LogP contribution >= 0.6 is 0 Å². The van der Waals surface area contributed by atoms with Gasteiger partial charge in [-0.05, 0) is 18.6 Å². The van der Waals surface area contributed by atoms with Crippen molar-refractivity contribution in [3.8, 4) is 5.75 Å². The summed E-state index contributed by atoms with van der Waals surface area (Å²) in [5.41, 5.74) is 0.841. The Hall–Kier alpha value is -1.86. The molecule has 0 spiro atoms. The number of nitrogens with zero attached hydrogens (tertiary/aromatic N) is 1. The number of rotatable bonds is 6. The van der Waals surface area contributed by atoms with Crippen LogP contribution in [-0.4, -0.2) is 27.2 Å². The van der Waals surface area contributed by atoms with Crippen molar-refractivity contribution in [3.05, 3.63) is 42.3 Å². The van der Waals surface area contributed by atoms with Crippen molar-refractivity contribution in [1.82, 2.24) is 9.88 Å². The quantitative estimate of drug-likeness (QED) is 0.861. The summed E-state index contributed by atoms with van der Waals surface area (Å²) < 4.78 is 36.2. The Bertz CT molecular complexity index is 623. The lowest BCUT2D eigenvalue weighted by Gasteiger charge is -2.07. The molecule has 0 radical (unpaired) electrons. The lowest BCUT2D eigenvalue weighted by atomic mass is 10.3. The standard InChI is InChI=1S/C12H14N2O4S/c1-17-11-3-2-4-12(7-11)19(15,16)14-6-5-10-8-13-18-9-10/h2-4,7-9,14H,5-6H2,1H3. The summed E-state index contributed by atoms with van der Waals surface area (Å²) >= 11 is 0. The zero-order valence-corrected chi connectivity index (χ0v) is 11.2. The van der Waals surface area contributed by atoms with Gasteiger partial charge in [0.25, 0.3) is 0 Å². The van der Waals surface area contributed by atoms with Gasteiger partial charge in [-0.2, -0.15) is 0 Å². The normalized spacial score (nSPS) is 11.4. The lowest BCUT2D eigenvalue weighted by Crippen LogP contribution is -2.25. The van der Waals surface area contributed by atoms with E-state index in [1.807, 2.05) is 0 Å². The van der Waals surface area contributed by atoms with Gasteiger partial charge in [0.1, 0.15) is 12.0 Å². The van der Waals surface area contributed by atoms with Crippen molar-refractivity contribution in [1.29, 1.82) is 0 Å². The Kier molecular flexibility index (Phi) is 4.18. The highest BCUT2D eigenvalue weighted by Crippen LogP contribution is 2.16. The van der Waals surface area contributed by atoms with Crippen LogP contribution in [0.25, 0.3) is 0 Å². The molecule has 1 aromatic heterocycles. The van der Waals surface area contributed by atoms with E-state index in [0.717, 1.165) is 5.56 Å². The molecule has 1 aromatic carbocycles. The molecular formula is C12H14N2O4S. The number of hydrogen-bond acceptors (Lipinski definition) is 5. The fourth-order valence-electron chi connectivity index (χ4n) is 1.53. The van der Waals surface area contributed by atoms with E-state index in [0.29, 0.717) is 12.2 Å². The molecule has 0 atom stereocenters. The Labute approximate surface area is 111 Å². The van der Waals surface area contributed by atoms with Crippen molar-refractivity contribution < 1.29 is 17.7 Å². The minimum atomic E-state index is -3.53. The molecule has 19 heavy (non-hydrogen) atoms. The van der Waals surface area contributed by atoms with E-state index in [-0.39, 0.29) is 11.4 Å². The third-order valence-electron chi connectivity index (χ3n) is 2.54. The summed E-state index contributed by atoms with van der Waals surface area (Å²) in [7, 11) is -2.04. The second-order valence-electron chi connectivity index (χ2n) is 3.86. The summed E-state index contributed by atoms with van der Waals surface area (Å²) in [5, 5.41) is 3.55. The predicted octanol–water partition coefficient (Wildman–Crippen LogP) is 1.20. The first-order valence-corrected chi connectivity index (χ1v) is 7.12. The predicted molar refractivity (Wildman–Crippen MR) is 68.4 cm³/mol. The molecule has 1 N–H and O–H groups in total. The molecule has 0 saturated carbocycles. The second-order valence-corrected chi connectivity index (χ2v) is 5.63. The van der Waals surface area contributed by atoms with Crippen LogP contribution in [0.2, 0.25) is 0 Å². The van der Waals surface area contributed by atoms with Gasteiger partial charge in [0.05, 0.1) is 18.2 Å². The first kappa shape index (κ1) is 13.6. The Balaban J connectivity index is 2.01. The summed E-state index contributed by atoms with van der Waals surface area (Å²) in [5.74, 6) is 0.502. The maximum atomic E-state index is 12.0. The highest BCUT2D eigenvalue weighted by Gasteiger charge is 2.14. The van der Waals surface area contributed by atoms with E-state index in [1.54, 1.807) is 18.3 Å². The van der Waals surface area contributed by atoms with Gasteiger partial charge in [0, 0.05) is 18.2 Å². The van der Waals surface area contributed by atoms with Crippen molar-refractivity contribution in [2.45, 2.75) is 11.3 Å². The molecule has 0 aliphatic rings. The van der Waals surface area contributed by atoms with Gasteiger partial charge in [-0.15, -0.1) is 0 Å². The summed E-state index contributed by atoms with van der Waals surface area (Å²) in [6.07, 6.45) is 3.56. The topological polar surface area (TPSA) is 81.4 Å². The molecule has 0 amide bonds. The average Bonchev–Trinajstić information content (AvgIpc) is 2.92. The number of nitrogens with one attached hydrogen (secondary N) is 1. The van der Waals surface area contributed by atoms with Gasteiger partial charge in [0.15, 0.2) is 0 Å². The third-order valence-corrected chi connectivity index (χ3v) is 4.00. The molecule has 0 bridgehead atoms. The van der Waals surface area contributed by atoms with E-state index in [2.05, 4.69) is 14.4 Å². The second kappa shape index (κ2) is 5.85. The van der Waals surface area contributed by atoms with Crippen LogP contribution in [0.5, 0.6) is 5.75 Å². The largest absolute Gasteiger partial charge is 0.497 e. The molecule has 7 heteroatoms. The Morgan fingerprint density at radius 1 is 1.42 bits per heavy atom. The van der Waals surface area contributed by atoms with Gasteiger partial charge in [-0.25, -0.2) is 13.1 Å². The molecule has 6 nitrogen and oxygen atoms in total. The maximum absolute atomic E-state index is 12.0. The van der Waals surface area contributed by atoms with Crippen LogP contribution in [0, 0.1) is 0 Å². The molecule has 0 saturated heterocycles. The van der Waals surface area contributed by atoms with Gasteiger partial charge in [-0.3, -0.25) is 0 Å². The number of hydrogen-bond donors (Lipinski definition) is 1. The van der Waals surface area contributed by atoms with Crippen molar-refractivity contribution in [2.75, 3.05) is 13.7 Å². The van der Waals surface area contributed by atoms with E-state index in [9.17, 15) is 8.42 Å². The smallest absolute Gasteiger partial charge is 0.240 e. The zero-order chi connectivity index (χ0) is 13.7. The highest BCUT2D eigenvalue weighted by atomic mass is 32.2. The van der Waals surface area contributed by atoms with Crippen LogP contribution in [0.4, 0.5) is 0 Å². The SMILES string of the molecule is COc1cccc(S(=O)(=O)NCCc2cnoc2)c1. The minimum Gasteiger partial charge on any atom is -0.497 e. The molecule has 0 fully saturated rings. The summed E-state index contributed by atoms with van der Waals surface area (Å²) in [6.45, 7) is 0.279. The Morgan fingerprint density at radius 2 is 2.26 bits per heavy atom. The fourth-order valence-corrected chi connectivity index (χ4v) is 2.60. The molecule has 0 unspecified atom stereocenters. The van der Waals surface area contributed by atoms with Crippen LogP contribution in [0.3, 0.4) is 0 Å². The highest BCUT2D eigenvalue weighted by molar-refractivity contribution is 7.89. The first-order valence-electron chi connectivity index (χ1n) is 5.64. The van der Waals surface area contributed by atoms with Gasteiger partial charge in [0.2, 0.25) is 10.0 Å². The molecule has 1 heterocycles. The van der Waals surface area contributed by atoms with Gasteiger partial charge < -0.3 is 9.26 Å². The van der Waals surface area contributed by atoms with Crippen molar-refractivity contribution in [2.24, 2.45) is 0 Å². The Morgan fingerprint density at radius 3 is 2.95 bits per heavy atom. The monoisotopic (exact) mass is 282 g/mol. The molecule has 0 aliphatic heterocycles. The molecular weight excluding hydrogens is 268 g/mol. The van der Waals surface area contributed by atoms with E-state index in [4.69, 9.17) is 4.74 Å². The lowest BCUT2D eigenvalue weighted by molar-refractivity contribution is 0.413. The maximum Gasteiger partial charge on any atom is 0.240 e. The molecule has 2 rings (SSSR count). The van der Waals surface area contributed by atoms with E-state index >= 15 is 0 Å². The van der Waals surface area contributed by atoms with E-state index in [1.165, 1.54) is 25.5 Å². The number of aromatic nitrogens is 1. The summed E-state index contributed by atoms with van der Waals surface area (Å²) in [6, 6.07) is 6.32. The average molecular weight is 282 g/mol. The van der Waals surface area contributed by atoms with Crippen LogP contribution in [-0.2, 0) is 16.4 Å². The number of ether oxygens (including phenoxy) is 1. The van der Waals surface area contributed by atoms with E-state index < -0.39 is 10.0 Å². The van der Waals surface area contributed by atoms with Crippen molar-refractivity contribution >= 4 is 10.0 Å². The molecule has 2 aromatic rings. The summed E-state index contributed by atoms with van der Waals surface area (Å²) in [4.78, 5) is 0.178.